The molecule has 1 atom stereocenters. The third kappa shape index (κ3) is 5.93. The van der Waals surface area contributed by atoms with Crippen LogP contribution in [0.2, 0.25) is 10.2 Å². The number of halogens is 2. The van der Waals surface area contributed by atoms with Gasteiger partial charge < -0.3 is 11.1 Å². The van der Waals surface area contributed by atoms with Crippen LogP contribution < -0.4 is 16.6 Å². The van der Waals surface area contributed by atoms with Crippen molar-refractivity contribution in [1.29, 1.82) is 0 Å². The molecule has 3 N–H and O–H groups in total. The van der Waals surface area contributed by atoms with Crippen LogP contribution in [0.5, 0.6) is 0 Å². The predicted molar refractivity (Wildman–Crippen MR) is 152 cm³/mol. The predicted octanol–water partition coefficient (Wildman–Crippen LogP) is 4.32. The van der Waals surface area contributed by atoms with Gasteiger partial charge in [-0.2, -0.15) is 0 Å². The molecule has 10 nitrogen and oxygen atoms in total. The smallest absolute Gasteiger partial charge is 0.254 e. The molecule has 40 heavy (non-hydrogen) atoms. The third-order valence-corrected chi connectivity index (χ3v) is 6.54. The summed E-state index contributed by atoms with van der Waals surface area (Å²) in [7, 11) is 0. The number of hydrogen-bond acceptors (Lipinski definition) is 6. The molecule has 0 aliphatic carbocycles. The van der Waals surface area contributed by atoms with Gasteiger partial charge in [-0.3, -0.25) is 19.0 Å². The van der Waals surface area contributed by atoms with E-state index in [1.807, 2.05) is 30.3 Å². The maximum absolute atomic E-state index is 13.5. The number of nitrogens with one attached hydrogen (secondary N) is 1. The SMILES string of the molecule is NC(=O)c1ccc(NC(=O)[C@H](Cc2ccccc2)n2cnc(-c3cc(Cl)ccc3-n3cc(Cl)nn3)cc2=O)cc1. The van der Waals surface area contributed by atoms with Gasteiger partial charge in [0.2, 0.25) is 11.8 Å². The minimum absolute atomic E-state index is 0.198. The molecule has 2 heterocycles. The lowest BCUT2D eigenvalue weighted by atomic mass is 10.0. The molecule has 0 bridgehead atoms. The fourth-order valence-electron chi connectivity index (χ4n) is 4.16. The topological polar surface area (TPSA) is 138 Å². The summed E-state index contributed by atoms with van der Waals surface area (Å²) < 4.78 is 2.73. The molecule has 0 radical (unpaired) electrons. The molecule has 0 aliphatic heterocycles. The monoisotopic (exact) mass is 573 g/mol. The van der Waals surface area contributed by atoms with E-state index in [1.54, 1.807) is 30.3 Å². The van der Waals surface area contributed by atoms with Gasteiger partial charge in [0, 0.05) is 34.3 Å². The zero-order valence-electron chi connectivity index (χ0n) is 20.7. The number of hydrogen-bond donors (Lipinski definition) is 2. The minimum atomic E-state index is -0.930. The van der Waals surface area contributed by atoms with E-state index < -0.39 is 23.4 Å². The van der Waals surface area contributed by atoms with Gasteiger partial charge in [-0.05, 0) is 48.0 Å². The Bertz CT molecular complexity index is 1750. The Morgan fingerprint density at radius 3 is 2.38 bits per heavy atom. The Morgan fingerprint density at radius 2 is 1.73 bits per heavy atom. The normalized spacial score (nSPS) is 11.7. The van der Waals surface area contributed by atoms with Crippen molar-refractivity contribution in [3.05, 3.63) is 123 Å². The number of aromatic nitrogens is 5. The zero-order chi connectivity index (χ0) is 28.2. The van der Waals surface area contributed by atoms with Gasteiger partial charge in [-0.15, -0.1) is 5.10 Å². The number of nitrogens with two attached hydrogens (primary N) is 1. The first-order valence-electron chi connectivity index (χ1n) is 12.0. The average molecular weight is 574 g/mol. The lowest BCUT2D eigenvalue weighted by molar-refractivity contribution is -0.119. The van der Waals surface area contributed by atoms with Crippen molar-refractivity contribution < 1.29 is 9.59 Å². The van der Waals surface area contributed by atoms with Gasteiger partial charge in [-0.1, -0.05) is 58.7 Å². The summed E-state index contributed by atoms with van der Waals surface area (Å²) in [4.78, 5) is 42.8. The van der Waals surface area contributed by atoms with Crippen LogP contribution in [0.3, 0.4) is 0 Å². The van der Waals surface area contributed by atoms with E-state index in [4.69, 9.17) is 28.9 Å². The molecule has 0 fully saturated rings. The van der Waals surface area contributed by atoms with Crippen LogP contribution in [0.25, 0.3) is 16.9 Å². The van der Waals surface area contributed by atoms with Crippen LogP contribution in [0.1, 0.15) is 22.0 Å². The first-order valence-corrected chi connectivity index (χ1v) is 12.7. The Labute approximate surface area is 238 Å². The number of primary amides is 1. The van der Waals surface area contributed by atoms with Gasteiger partial charge in [0.25, 0.3) is 5.56 Å². The van der Waals surface area contributed by atoms with Crippen LogP contribution in [-0.4, -0.2) is 36.4 Å². The Balaban J connectivity index is 1.51. The molecule has 5 rings (SSSR count). The van der Waals surface area contributed by atoms with E-state index in [0.717, 1.165) is 5.56 Å². The molecule has 2 amide bonds. The molecule has 0 saturated carbocycles. The Hall–Kier alpha value is -4.80. The number of nitrogens with zero attached hydrogens (tertiary/aromatic N) is 5. The van der Waals surface area contributed by atoms with Crippen molar-refractivity contribution in [3.63, 3.8) is 0 Å². The summed E-state index contributed by atoms with van der Waals surface area (Å²) in [6.45, 7) is 0. The summed E-state index contributed by atoms with van der Waals surface area (Å²) in [5.74, 6) is -1.01. The van der Waals surface area contributed by atoms with E-state index in [0.29, 0.717) is 33.2 Å². The molecule has 5 aromatic rings. The van der Waals surface area contributed by atoms with E-state index in [2.05, 4.69) is 20.6 Å². The van der Waals surface area contributed by atoms with E-state index >= 15 is 0 Å². The van der Waals surface area contributed by atoms with Gasteiger partial charge in [0.05, 0.1) is 23.9 Å². The van der Waals surface area contributed by atoms with Crippen LogP contribution in [-0.2, 0) is 11.2 Å². The van der Waals surface area contributed by atoms with E-state index in [1.165, 1.54) is 40.0 Å². The molecular weight excluding hydrogens is 553 g/mol. The minimum Gasteiger partial charge on any atom is -0.366 e. The first kappa shape index (κ1) is 26.8. The molecule has 3 aromatic carbocycles. The largest absolute Gasteiger partial charge is 0.366 e. The maximum Gasteiger partial charge on any atom is 0.254 e. The van der Waals surface area contributed by atoms with Crippen molar-refractivity contribution in [3.8, 4) is 16.9 Å². The van der Waals surface area contributed by atoms with Crippen LogP contribution in [0, 0.1) is 0 Å². The first-order chi connectivity index (χ1) is 19.3. The molecule has 0 unspecified atom stereocenters. The molecule has 0 saturated heterocycles. The fourth-order valence-corrected chi connectivity index (χ4v) is 4.46. The second-order valence-electron chi connectivity index (χ2n) is 8.80. The Morgan fingerprint density at radius 1 is 0.975 bits per heavy atom. The van der Waals surface area contributed by atoms with Gasteiger partial charge >= 0.3 is 0 Å². The van der Waals surface area contributed by atoms with Gasteiger partial charge in [-0.25, -0.2) is 9.67 Å². The number of amides is 2. The highest BCUT2D eigenvalue weighted by molar-refractivity contribution is 6.31. The highest BCUT2D eigenvalue weighted by Gasteiger charge is 2.24. The second kappa shape index (κ2) is 11.5. The van der Waals surface area contributed by atoms with Crippen LogP contribution in [0.15, 0.2) is 96.2 Å². The summed E-state index contributed by atoms with van der Waals surface area (Å²) in [6.07, 6.45) is 3.08. The molecule has 0 spiro atoms. The number of benzene rings is 3. The van der Waals surface area contributed by atoms with Crippen molar-refractivity contribution >= 4 is 40.7 Å². The summed E-state index contributed by atoms with van der Waals surface area (Å²) in [6, 6.07) is 20.9. The summed E-state index contributed by atoms with van der Waals surface area (Å²) in [5.41, 5.74) is 7.87. The highest BCUT2D eigenvalue weighted by Crippen LogP contribution is 2.28. The number of carbonyl (C=O) groups excluding carboxylic acids is 2. The molecule has 12 heteroatoms. The fraction of sp³-hybridized carbons (Fsp3) is 0.0714. The van der Waals surface area contributed by atoms with Crippen molar-refractivity contribution in [1.82, 2.24) is 24.5 Å². The van der Waals surface area contributed by atoms with Crippen molar-refractivity contribution in [2.24, 2.45) is 5.73 Å². The van der Waals surface area contributed by atoms with Gasteiger partial charge in [0.15, 0.2) is 5.15 Å². The average Bonchev–Trinajstić information content (AvgIpc) is 3.38. The Kier molecular flexibility index (Phi) is 7.72. The van der Waals surface area contributed by atoms with Gasteiger partial charge in [0.1, 0.15) is 6.04 Å². The second-order valence-corrected chi connectivity index (χ2v) is 9.63. The standard InChI is InChI=1S/C28H21Cl2N7O3/c29-19-8-11-23(37-15-25(30)34-35-37)21(13-19)22-14-26(38)36(16-32-22)24(12-17-4-2-1-3-5-17)28(40)33-20-9-6-18(7-10-20)27(31)39/h1-11,13-16,24H,12H2,(H2,31,39)(H,33,40)/t24-/m0/s1. The quantitative estimate of drug-likeness (QED) is 0.283. The zero-order valence-corrected chi connectivity index (χ0v) is 22.3. The van der Waals surface area contributed by atoms with Crippen LogP contribution >= 0.6 is 23.2 Å². The lowest BCUT2D eigenvalue weighted by Crippen LogP contribution is -2.34. The van der Waals surface area contributed by atoms with Crippen LogP contribution in [0.4, 0.5) is 5.69 Å². The molecule has 2 aromatic heterocycles. The van der Waals surface area contributed by atoms with E-state index in [9.17, 15) is 14.4 Å². The van der Waals surface area contributed by atoms with Crippen molar-refractivity contribution in [2.75, 3.05) is 5.32 Å². The maximum atomic E-state index is 13.5. The number of carbonyl (C=O) groups is 2. The number of rotatable bonds is 8. The lowest BCUT2D eigenvalue weighted by Gasteiger charge is -2.20. The summed E-state index contributed by atoms with van der Waals surface area (Å²) in [5, 5.41) is 11.2. The summed E-state index contributed by atoms with van der Waals surface area (Å²) >= 11 is 12.2. The van der Waals surface area contributed by atoms with Crippen molar-refractivity contribution in [2.45, 2.75) is 12.5 Å². The van der Waals surface area contributed by atoms with E-state index in [-0.39, 0.29) is 11.6 Å². The highest BCUT2D eigenvalue weighted by atomic mass is 35.5. The third-order valence-electron chi connectivity index (χ3n) is 6.13. The molecule has 200 valence electrons. The molecular formula is C28H21Cl2N7O3. The molecule has 0 aliphatic rings. The number of anilines is 1.